The number of halogens is 1. The number of phenols is 1. The van der Waals surface area contributed by atoms with Gasteiger partial charge in [0, 0.05) is 30.3 Å². The maximum Gasteiger partial charge on any atom is 0.341 e. The van der Waals surface area contributed by atoms with Gasteiger partial charge < -0.3 is 20.3 Å². The van der Waals surface area contributed by atoms with Gasteiger partial charge >= 0.3 is 5.97 Å². The topological polar surface area (TPSA) is 109 Å². The zero-order valence-electron chi connectivity index (χ0n) is 16.3. The molecule has 3 rings (SSSR count). The lowest BCUT2D eigenvalue weighted by molar-refractivity contribution is 0.0597. The average molecular weight is 412 g/mol. The molecule has 0 saturated carbocycles. The summed E-state index contributed by atoms with van der Waals surface area (Å²) in [4.78, 5) is 29.0. The molecular weight excluding hydrogens is 391 g/mol. The van der Waals surface area contributed by atoms with E-state index in [0.29, 0.717) is 18.2 Å². The number of methoxy groups -OCH3 is 1. The van der Waals surface area contributed by atoms with Crippen LogP contribution in [0.25, 0.3) is 10.9 Å². The summed E-state index contributed by atoms with van der Waals surface area (Å²) in [5.41, 5.74) is 1.66. The lowest BCUT2D eigenvalue weighted by Crippen LogP contribution is -2.25. The summed E-state index contributed by atoms with van der Waals surface area (Å²) in [7, 11) is 1.17. The highest BCUT2D eigenvalue weighted by Crippen LogP contribution is 2.32. The molecule has 0 unspecified atom stereocenters. The molecule has 8 heteroatoms. The Morgan fingerprint density at radius 2 is 1.87 bits per heavy atom. The van der Waals surface area contributed by atoms with E-state index in [1.54, 1.807) is 18.2 Å². The number of pyridine rings is 1. The number of aromatic nitrogens is 1. The lowest BCUT2D eigenvalue weighted by Gasteiger charge is -2.13. The highest BCUT2D eigenvalue weighted by molar-refractivity contribution is 6.11. The summed E-state index contributed by atoms with van der Waals surface area (Å²) in [6, 6.07) is 8.99. The van der Waals surface area contributed by atoms with E-state index in [0.717, 1.165) is 11.1 Å². The third kappa shape index (κ3) is 4.55. The Morgan fingerprint density at radius 3 is 2.53 bits per heavy atom. The maximum atomic E-state index is 13.1. The van der Waals surface area contributed by atoms with E-state index >= 15 is 0 Å². The van der Waals surface area contributed by atoms with Crippen LogP contribution in [0.5, 0.6) is 5.75 Å². The number of carbonyl (C=O) groups excluding carboxylic acids is 2. The number of aliphatic hydroxyl groups is 1. The van der Waals surface area contributed by atoms with Crippen LogP contribution in [0.1, 0.15) is 38.3 Å². The predicted molar refractivity (Wildman–Crippen MR) is 108 cm³/mol. The minimum absolute atomic E-state index is 0.0760. The van der Waals surface area contributed by atoms with Gasteiger partial charge in [0.2, 0.25) is 0 Å². The molecule has 1 heterocycles. The fourth-order valence-electron chi connectivity index (χ4n) is 3.08. The second-order valence-electron chi connectivity index (χ2n) is 6.69. The molecule has 0 saturated heterocycles. The van der Waals surface area contributed by atoms with Gasteiger partial charge in [-0.2, -0.15) is 0 Å². The van der Waals surface area contributed by atoms with E-state index in [1.807, 2.05) is 0 Å². The Balaban J connectivity index is 2.08. The Morgan fingerprint density at radius 1 is 1.13 bits per heavy atom. The molecule has 3 aromatic rings. The average Bonchev–Trinajstić information content (AvgIpc) is 2.75. The van der Waals surface area contributed by atoms with Crippen molar-refractivity contribution in [3.05, 3.63) is 70.7 Å². The number of amides is 1. The summed E-state index contributed by atoms with van der Waals surface area (Å²) >= 11 is 0. The Kier molecular flexibility index (Phi) is 6.58. The van der Waals surface area contributed by atoms with Crippen LogP contribution >= 0.6 is 0 Å². The second-order valence-corrected chi connectivity index (χ2v) is 6.69. The molecule has 0 spiro atoms. The summed E-state index contributed by atoms with van der Waals surface area (Å²) < 4.78 is 17.8. The first kappa shape index (κ1) is 21.2. The molecule has 7 nitrogen and oxygen atoms in total. The van der Waals surface area contributed by atoms with Gasteiger partial charge in [0.1, 0.15) is 16.9 Å². The van der Waals surface area contributed by atoms with Gasteiger partial charge in [-0.3, -0.25) is 9.78 Å². The Bertz CT molecular complexity index is 1080. The van der Waals surface area contributed by atoms with E-state index in [-0.39, 0.29) is 41.4 Å². The molecule has 156 valence electrons. The van der Waals surface area contributed by atoms with Crippen LogP contribution in [-0.2, 0) is 11.2 Å². The fraction of sp³-hybridized carbons (Fsp3) is 0.227. The Labute approximate surface area is 172 Å². The molecule has 1 aromatic heterocycles. The maximum absolute atomic E-state index is 13.1. The van der Waals surface area contributed by atoms with Gasteiger partial charge in [0.25, 0.3) is 5.91 Å². The molecule has 0 atom stereocenters. The number of rotatable bonds is 7. The van der Waals surface area contributed by atoms with E-state index < -0.39 is 11.9 Å². The molecular formula is C22H21FN2O5. The van der Waals surface area contributed by atoms with Crippen LogP contribution in [0.2, 0.25) is 0 Å². The van der Waals surface area contributed by atoms with Crippen LogP contribution in [0, 0.1) is 5.82 Å². The zero-order valence-corrected chi connectivity index (χ0v) is 16.3. The monoisotopic (exact) mass is 412 g/mol. The lowest BCUT2D eigenvalue weighted by atomic mass is 9.98. The normalized spacial score (nSPS) is 10.8. The first-order valence-corrected chi connectivity index (χ1v) is 9.31. The number of aliphatic hydroxyl groups excluding tert-OH is 1. The van der Waals surface area contributed by atoms with Crippen molar-refractivity contribution in [3.63, 3.8) is 0 Å². The molecule has 2 aromatic carbocycles. The molecule has 0 bridgehead atoms. The minimum atomic E-state index is -0.795. The number of aromatic hydroxyl groups is 1. The number of hydrogen-bond acceptors (Lipinski definition) is 6. The molecule has 0 aliphatic carbocycles. The first-order chi connectivity index (χ1) is 14.4. The number of ether oxygens (including phenoxy) is 1. The molecule has 1 amide bonds. The number of phenolic OH excluding ortho intramolecular Hbond substituents is 1. The zero-order chi connectivity index (χ0) is 21.7. The van der Waals surface area contributed by atoms with Crippen LogP contribution < -0.4 is 5.32 Å². The Hall–Kier alpha value is -3.52. The smallest absolute Gasteiger partial charge is 0.341 e. The highest BCUT2D eigenvalue weighted by atomic mass is 19.1. The third-order valence-corrected chi connectivity index (χ3v) is 4.59. The van der Waals surface area contributed by atoms with E-state index in [2.05, 4.69) is 15.0 Å². The SMILES string of the molecule is COC(=O)c1cc(C(=O)NCCCO)c2cc(Cc3ccc(F)cc3)cnc2c1O. The number of fused-ring (bicyclic) bond motifs is 1. The summed E-state index contributed by atoms with van der Waals surface area (Å²) in [5, 5.41) is 22.5. The molecule has 0 radical (unpaired) electrons. The van der Waals surface area contributed by atoms with Gasteiger partial charge in [-0.05, 0) is 48.2 Å². The number of nitrogens with one attached hydrogen (secondary N) is 1. The molecule has 0 fully saturated rings. The van der Waals surface area contributed by atoms with Crippen molar-refractivity contribution >= 4 is 22.8 Å². The van der Waals surface area contributed by atoms with Crippen LogP contribution in [0.4, 0.5) is 4.39 Å². The number of hydrogen-bond donors (Lipinski definition) is 3. The number of nitrogens with zero attached hydrogens (tertiary/aromatic N) is 1. The van der Waals surface area contributed by atoms with Crippen LogP contribution in [0.3, 0.4) is 0 Å². The first-order valence-electron chi connectivity index (χ1n) is 9.31. The van der Waals surface area contributed by atoms with Gasteiger partial charge in [0.15, 0.2) is 5.75 Å². The second kappa shape index (κ2) is 9.32. The fourth-order valence-corrected chi connectivity index (χ4v) is 3.08. The van der Waals surface area contributed by atoms with Crippen molar-refractivity contribution in [1.82, 2.24) is 10.3 Å². The molecule has 3 N–H and O–H groups in total. The van der Waals surface area contributed by atoms with E-state index in [1.165, 1.54) is 31.5 Å². The largest absolute Gasteiger partial charge is 0.505 e. The van der Waals surface area contributed by atoms with E-state index in [9.17, 15) is 19.1 Å². The molecule has 30 heavy (non-hydrogen) atoms. The van der Waals surface area contributed by atoms with Gasteiger partial charge in [-0.15, -0.1) is 0 Å². The molecule has 0 aliphatic rings. The quantitative estimate of drug-likeness (QED) is 0.407. The number of benzene rings is 2. The number of esters is 1. The summed E-state index contributed by atoms with van der Waals surface area (Å²) in [6.45, 7) is 0.168. The number of carbonyl (C=O) groups is 2. The van der Waals surface area contributed by atoms with Gasteiger partial charge in [-0.25, -0.2) is 9.18 Å². The summed E-state index contributed by atoms with van der Waals surface area (Å²) in [5.74, 6) is -1.98. The highest BCUT2D eigenvalue weighted by Gasteiger charge is 2.22. The van der Waals surface area contributed by atoms with Crippen LogP contribution in [0.15, 0.2) is 42.6 Å². The van der Waals surface area contributed by atoms with Gasteiger partial charge in [0.05, 0.1) is 7.11 Å². The van der Waals surface area contributed by atoms with Crippen molar-refractivity contribution in [2.24, 2.45) is 0 Å². The standard InChI is InChI=1S/C22H21FN2O5/c1-30-22(29)18-11-17(21(28)24-7-2-8-26)16-10-14(12-25-19(16)20(18)27)9-13-3-5-15(23)6-4-13/h3-6,10-12,26-27H,2,7-9H2,1H3,(H,24,28). The van der Waals surface area contributed by atoms with Crippen molar-refractivity contribution < 1.29 is 28.9 Å². The van der Waals surface area contributed by atoms with Crippen LogP contribution in [-0.4, -0.2) is 47.3 Å². The molecule has 0 aliphatic heterocycles. The summed E-state index contributed by atoms with van der Waals surface area (Å²) in [6.07, 6.45) is 2.34. The van der Waals surface area contributed by atoms with Crippen molar-refractivity contribution in [2.45, 2.75) is 12.8 Å². The van der Waals surface area contributed by atoms with Crippen molar-refractivity contribution in [3.8, 4) is 5.75 Å². The van der Waals surface area contributed by atoms with Crippen molar-refractivity contribution in [2.75, 3.05) is 20.3 Å². The van der Waals surface area contributed by atoms with Crippen molar-refractivity contribution in [1.29, 1.82) is 0 Å². The predicted octanol–water partition coefficient (Wildman–Crippen LogP) is 2.57. The third-order valence-electron chi connectivity index (χ3n) is 4.59. The van der Waals surface area contributed by atoms with Gasteiger partial charge in [-0.1, -0.05) is 12.1 Å². The minimum Gasteiger partial charge on any atom is -0.505 e. The van der Waals surface area contributed by atoms with E-state index in [4.69, 9.17) is 5.11 Å².